The molecule has 0 bridgehead atoms. The number of furan rings is 1. The lowest BCUT2D eigenvalue weighted by Gasteiger charge is -2.14. The van der Waals surface area contributed by atoms with Gasteiger partial charge in [0.2, 0.25) is 10.0 Å². The van der Waals surface area contributed by atoms with Gasteiger partial charge in [0.1, 0.15) is 17.2 Å². The number of anilines is 1. The first kappa shape index (κ1) is 26.3. The van der Waals surface area contributed by atoms with Crippen molar-refractivity contribution in [2.24, 2.45) is 0 Å². The number of benzene rings is 3. The van der Waals surface area contributed by atoms with Crippen LogP contribution >= 0.6 is 15.9 Å². The zero-order chi connectivity index (χ0) is 27.2. The van der Waals surface area contributed by atoms with Crippen LogP contribution in [-0.4, -0.2) is 21.4 Å². The maximum atomic E-state index is 13.5. The summed E-state index contributed by atoms with van der Waals surface area (Å²) in [5.74, 6) is -1.02. The van der Waals surface area contributed by atoms with Crippen LogP contribution in [0.3, 0.4) is 0 Å². The molecular formula is C27H22BrF3N2O4S. The Kier molecular flexibility index (Phi) is 6.99. The molecule has 6 nitrogen and oxygen atoms in total. The summed E-state index contributed by atoms with van der Waals surface area (Å²) in [4.78, 5) is 12.8. The van der Waals surface area contributed by atoms with E-state index in [1.165, 1.54) is 49.5 Å². The average Bonchev–Trinajstić information content (AvgIpc) is 3.64. The van der Waals surface area contributed by atoms with Crippen LogP contribution in [0.5, 0.6) is 0 Å². The first-order chi connectivity index (χ1) is 18.1. The van der Waals surface area contributed by atoms with Crippen LogP contribution in [-0.2, 0) is 15.8 Å². The van der Waals surface area contributed by atoms with Crippen molar-refractivity contribution in [1.82, 2.24) is 5.32 Å². The Bertz CT molecular complexity index is 1650. The van der Waals surface area contributed by atoms with E-state index in [0.717, 1.165) is 18.9 Å². The van der Waals surface area contributed by atoms with Crippen molar-refractivity contribution in [1.29, 1.82) is 0 Å². The van der Waals surface area contributed by atoms with E-state index in [1.807, 2.05) is 0 Å². The van der Waals surface area contributed by atoms with Crippen molar-refractivity contribution in [2.45, 2.75) is 30.9 Å². The van der Waals surface area contributed by atoms with Gasteiger partial charge in [-0.05, 0) is 72.4 Å². The highest BCUT2D eigenvalue weighted by atomic mass is 79.9. The summed E-state index contributed by atoms with van der Waals surface area (Å²) in [6, 6.07) is 12.8. The number of hydrogen-bond donors (Lipinski definition) is 2. The van der Waals surface area contributed by atoms with Gasteiger partial charge in [-0.2, -0.15) is 0 Å². The molecule has 1 fully saturated rings. The van der Waals surface area contributed by atoms with Gasteiger partial charge in [0.05, 0.1) is 17.0 Å². The number of carbonyl (C=O) groups is 1. The van der Waals surface area contributed by atoms with E-state index in [-0.39, 0.29) is 38.4 Å². The third kappa shape index (κ3) is 5.30. The Morgan fingerprint density at radius 1 is 1.11 bits per heavy atom. The molecule has 11 heteroatoms. The Hall–Kier alpha value is -3.31. The fraction of sp³-hybridized carbons (Fsp3) is 0.222. The summed E-state index contributed by atoms with van der Waals surface area (Å²) in [5, 5.41) is 3.10. The number of halogens is 4. The van der Waals surface area contributed by atoms with E-state index >= 15 is 0 Å². The van der Waals surface area contributed by atoms with Crippen molar-refractivity contribution < 1.29 is 30.8 Å². The lowest BCUT2D eigenvalue weighted by Crippen LogP contribution is -2.18. The molecule has 0 saturated heterocycles. The van der Waals surface area contributed by atoms with Gasteiger partial charge in [-0.25, -0.2) is 21.6 Å². The summed E-state index contributed by atoms with van der Waals surface area (Å²) in [7, 11) is -2.51. The molecule has 0 radical (unpaired) electrons. The fourth-order valence-electron chi connectivity index (χ4n) is 4.41. The van der Waals surface area contributed by atoms with Gasteiger partial charge in [0.15, 0.2) is 0 Å². The molecule has 1 heterocycles. The van der Waals surface area contributed by atoms with Gasteiger partial charge in [0, 0.05) is 34.1 Å². The molecule has 1 aliphatic rings. The van der Waals surface area contributed by atoms with Crippen LogP contribution in [0.25, 0.3) is 22.3 Å². The molecule has 198 valence electrons. The molecule has 1 aliphatic carbocycles. The SMILES string of the molecule is CNC(=O)c1c(-c2ccc(F)cc2)oc2cc(NS(=O)(=O)Cc3ccc(Br)c(C(F)F)c3)c(C3CC3)cc12. The standard InChI is InChI=1S/C27H22BrF3N2O4S/c1-32-27(34)24-20-11-18(15-3-4-15)22(12-23(20)37-25(24)16-5-7-17(29)8-6-16)33-38(35,36)13-14-2-9-21(28)19(10-14)26(30)31/h2,5-12,15,26,33H,3-4,13H2,1H3,(H,32,34). The van der Waals surface area contributed by atoms with Crippen molar-refractivity contribution in [3.63, 3.8) is 0 Å². The van der Waals surface area contributed by atoms with E-state index < -0.39 is 33.9 Å². The molecule has 4 aromatic rings. The highest BCUT2D eigenvalue weighted by Gasteiger charge is 2.31. The van der Waals surface area contributed by atoms with Crippen LogP contribution in [0.4, 0.5) is 18.9 Å². The van der Waals surface area contributed by atoms with Crippen LogP contribution in [0.1, 0.15) is 52.2 Å². The summed E-state index contributed by atoms with van der Waals surface area (Å²) >= 11 is 3.06. The number of sulfonamides is 1. The second kappa shape index (κ2) is 10.1. The van der Waals surface area contributed by atoms with E-state index in [0.29, 0.717) is 22.2 Å². The van der Waals surface area contributed by atoms with Gasteiger partial charge in [-0.1, -0.05) is 22.0 Å². The second-order valence-electron chi connectivity index (χ2n) is 9.12. The molecule has 5 rings (SSSR count). The third-order valence-electron chi connectivity index (χ3n) is 6.36. The molecule has 0 aliphatic heterocycles. The number of amides is 1. The first-order valence-corrected chi connectivity index (χ1v) is 14.2. The Morgan fingerprint density at radius 3 is 2.45 bits per heavy atom. The van der Waals surface area contributed by atoms with Gasteiger partial charge in [-0.3, -0.25) is 9.52 Å². The lowest BCUT2D eigenvalue weighted by molar-refractivity contribution is 0.0964. The van der Waals surface area contributed by atoms with Gasteiger partial charge in [0.25, 0.3) is 12.3 Å². The van der Waals surface area contributed by atoms with Crippen molar-refractivity contribution in [2.75, 3.05) is 11.8 Å². The number of hydrogen-bond acceptors (Lipinski definition) is 4. The predicted molar refractivity (Wildman–Crippen MR) is 142 cm³/mol. The number of carbonyl (C=O) groups excluding carboxylic acids is 1. The van der Waals surface area contributed by atoms with E-state index in [4.69, 9.17) is 4.42 Å². The normalized spacial score (nSPS) is 13.7. The minimum atomic E-state index is -3.99. The van der Waals surface area contributed by atoms with Crippen LogP contribution in [0, 0.1) is 5.82 Å². The Balaban J connectivity index is 1.56. The molecule has 0 atom stereocenters. The van der Waals surface area contributed by atoms with Crippen LogP contribution in [0.15, 0.2) is 63.5 Å². The topological polar surface area (TPSA) is 88.4 Å². The second-order valence-corrected chi connectivity index (χ2v) is 11.7. The molecule has 0 unspecified atom stereocenters. The minimum absolute atomic E-state index is 0.0944. The predicted octanol–water partition coefficient (Wildman–Crippen LogP) is 7.12. The number of nitrogens with one attached hydrogen (secondary N) is 2. The molecule has 0 spiro atoms. The van der Waals surface area contributed by atoms with E-state index in [2.05, 4.69) is 26.0 Å². The zero-order valence-electron chi connectivity index (χ0n) is 20.0. The maximum absolute atomic E-state index is 13.5. The van der Waals surface area contributed by atoms with E-state index in [9.17, 15) is 26.4 Å². The molecule has 1 aromatic heterocycles. The summed E-state index contributed by atoms with van der Waals surface area (Å²) < 4.78 is 75.1. The average molecular weight is 607 g/mol. The summed E-state index contributed by atoms with van der Waals surface area (Å²) in [5.41, 5.74) is 1.96. The maximum Gasteiger partial charge on any atom is 0.264 e. The quantitative estimate of drug-likeness (QED) is 0.223. The van der Waals surface area contributed by atoms with E-state index in [1.54, 1.807) is 6.07 Å². The molecule has 38 heavy (non-hydrogen) atoms. The summed E-state index contributed by atoms with van der Waals surface area (Å²) in [6.45, 7) is 0. The van der Waals surface area contributed by atoms with Crippen LogP contribution in [0.2, 0.25) is 0 Å². The van der Waals surface area contributed by atoms with Crippen LogP contribution < -0.4 is 10.0 Å². The highest BCUT2D eigenvalue weighted by molar-refractivity contribution is 9.10. The molecule has 2 N–H and O–H groups in total. The summed E-state index contributed by atoms with van der Waals surface area (Å²) in [6.07, 6.45) is -1.06. The smallest absolute Gasteiger partial charge is 0.264 e. The largest absolute Gasteiger partial charge is 0.455 e. The lowest BCUT2D eigenvalue weighted by atomic mass is 10.0. The Morgan fingerprint density at radius 2 is 1.82 bits per heavy atom. The molecule has 1 amide bonds. The molecule has 1 saturated carbocycles. The zero-order valence-corrected chi connectivity index (χ0v) is 22.4. The third-order valence-corrected chi connectivity index (χ3v) is 8.32. The molecular weight excluding hydrogens is 585 g/mol. The number of fused-ring (bicyclic) bond motifs is 1. The monoisotopic (exact) mass is 606 g/mol. The van der Waals surface area contributed by atoms with Gasteiger partial charge >= 0.3 is 0 Å². The van der Waals surface area contributed by atoms with Crippen molar-refractivity contribution in [3.8, 4) is 11.3 Å². The minimum Gasteiger partial charge on any atom is -0.455 e. The van der Waals surface area contributed by atoms with Gasteiger partial charge in [-0.15, -0.1) is 0 Å². The fourth-order valence-corrected chi connectivity index (χ4v) is 6.03. The molecule has 3 aromatic carbocycles. The number of alkyl halides is 2. The first-order valence-electron chi connectivity index (χ1n) is 11.7. The highest BCUT2D eigenvalue weighted by Crippen LogP contribution is 2.47. The van der Waals surface area contributed by atoms with Gasteiger partial charge < -0.3 is 9.73 Å². The van der Waals surface area contributed by atoms with Crippen molar-refractivity contribution in [3.05, 3.63) is 87.1 Å². The van der Waals surface area contributed by atoms with Crippen molar-refractivity contribution >= 4 is 48.5 Å². The number of rotatable bonds is 8. The Labute approximate surface area is 225 Å².